The zero-order valence-electron chi connectivity index (χ0n) is 14.3. The summed E-state index contributed by atoms with van der Waals surface area (Å²) in [6.45, 7) is 3.75. The van der Waals surface area contributed by atoms with Crippen molar-refractivity contribution in [2.75, 3.05) is 44.8 Å². The van der Waals surface area contributed by atoms with E-state index >= 15 is 0 Å². The van der Waals surface area contributed by atoms with E-state index in [4.69, 9.17) is 9.47 Å². The monoisotopic (exact) mass is 338 g/mol. The minimum Gasteiger partial charge on any atom is -0.489 e. The van der Waals surface area contributed by atoms with Crippen LogP contribution in [0, 0.1) is 11.3 Å². The van der Waals surface area contributed by atoms with Crippen molar-refractivity contribution in [2.24, 2.45) is 0 Å². The molecule has 25 heavy (non-hydrogen) atoms. The van der Waals surface area contributed by atoms with Crippen LogP contribution in [0.3, 0.4) is 0 Å². The van der Waals surface area contributed by atoms with Gasteiger partial charge in [0.1, 0.15) is 30.5 Å². The van der Waals surface area contributed by atoms with Crippen molar-refractivity contribution in [3.8, 4) is 11.8 Å². The summed E-state index contributed by atoms with van der Waals surface area (Å²) in [4.78, 5) is 8.78. The van der Waals surface area contributed by atoms with E-state index in [0.717, 1.165) is 37.7 Å². The van der Waals surface area contributed by atoms with Crippen molar-refractivity contribution < 1.29 is 9.47 Å². The summed E-state index contributed by atoms with van der Waals surface area (Å²) in [7, 11) is 1.71. The zero-order chi connectivity index (χ0) is 17.5. The molecule has 1 unspecified atom stereocenters. The quantitative estimate of drug-likeness (QED) is 0.804. The van der Waals surface area contributed by atoms with Gasteiger partial charge < -0.3 is 14.4 Å². The molecule has 0 spiro atoms. The van der Waals surface area contributed by atoms with Gasteiger partial charge in [-0.2, -0.15) is 5.26 Å². The predicted octanol–water partition coefficient (Wildman–Crippen LogP) is 2.13. The molecule has 2 aromatic rings. The number of para-hydroxylation sites is 1. The lowest BCUT2D eigenvalue weighted by Gasteiger charge is -2.39. The Morgan fingerprint density at radius 3 is 2.56 bits per heavy atom. The fourth-order valence-corrected chi connectivity index (χ4v) is 2.96. The predicted molar refractivity (Wildman–Crippen MR) is 95.5 cm³/mol. The molecule has 6 nitrogen and oxygen atoms in total. The number of nitrogens with zero attached hydrogens (tertiary/aromatic N) is 4. The highest BCUT2D eigenvalue weighted by Crippen LogP contribution is 2.19. The van der Waals surface area contributed by atoms with Gasteiger partial charge >= 0.3 is 0 Å². The average Bonchev–Trinajstić information content (AvgIpc) is 2.70. The normalized spacial score (nSPS) is 16.2. The van der Waals surface area contributed by atoms with Gasteiger partial charge in [0.25, 0.3) is 0 Å². The van der Waals surface area contributed by atoms with Crippen molar-refractivity contribution in [2.45, 2.75) is 6.23 Å². The fraction of sp³-hybridized carbons (Fsp3) is 0.368. The van der Waals surface area contributed by atoms with Crippen LogP contribution in [0.4, 0.5) is 5.82 Å². The van der Waals surface area contributed by atoms with E-state index in [1.165, 1.54) is 0 Å². The molecule has 1 aromatic carbocycles. The Morgan fingerprint density at radius 2 is 1.88 bits per heavy atom. The summed E-state index contributed by atoms with van der Waals surface area (Å²) < 4.78 is 11.4. The Labute approximate surface area is 148 Å². The molecule has 0 aliphatic carbocycles. The molecule has 0 radical (unpaired) electrons. The molecular weight excluding hydrogens is 316 g/mol. The molecule has 2 heterocycles. The third kappa shape index (κ3) is 4.27. The van der Waals surface area contributed by atoms with Crippen LogP contribution in [-0.4, -0.2) is 56.0 Å². The maximum absolute atomic E-state index is 9.24. The first kappa shape index (κ1) is 17.2. The molecular formula is C19H22N4O2. The SMILES string of the molecule is COC(COc1ccccc1)N1CCN(c2ncccc2C#N)CC1. The van der Waals surface area contributed by atoms with Gasteiger partial charge in [-0.25, -0.2) is 4.98 Å². The van der Waals surface area contributed by atoms with Gasteiger partial charge in [-0.15, -0.1) is 0 Å². The number of hydrogen-bond acceptors (Lipinski definition) is 6. The van der Waals surface area contributed by atoms with Crippen LogP contribution in [0.25, 0.3) is 0 Å². The van der Waals surface area contributed by atoms with Crippen LogP contribution in [0.15, 0.2) is 48.7 Å². The molecule has 0 amide bonds. The van der Waals surface area contributed by atoms with Crippen molar-refractivity contribution in [1.82, 2.24) is 9.88 Å². The molecule has 130 valence electrons. The number of aromatic nitrogens is 1. The van der Waals surface area contributed by atoms with E-state index in [-0.39, 0.29) is 6.23 Å². The number of hydrogen-bond donors (Lipinski definition) is 0. The molecule has 1 atom stereocenters. The molecule has 1 aliphatic heterocycles. The number of ether oxygens (including phenoxy) is 2. The van der Waals surface area contributed by atoms with Crippen molar-refractivity contribution in [3.63, 3.8) is 0 Å². The van der Waals surface area contributed by atoms with Crippen molar-refractivity contribution in [3.05, 3.63) is 54.2 Å². The number of piperazine rings is 1. The Bertz CT molecular complexity index is 709. The van der Waals surface area contributed by atoms with Crippen LogP contribution >= 0.6 is 0 Å². The topological polar surface area (TPSA) is 61.6 Å². The molecule has 6 heteroatoms. The van der Waals surface area contributed by atoms with Gasteiger partial charge in [-0.05, 0) is 24.3 Å². The smallest absolute Gasteiger partial charge is 0.146 e. The second-order valence-corrected chi connectivity index (χ2v) is 5.82. The van der Waals surface area contributed by atoms with E-state index in [1.807, 2.05) is 30.3 Å². The molecule has 1 saturated heterocycles. The lowest BCUT2D eigenvalue weighted by Crippen LogP contribution is -2.53. The number of methoxy groups -OCH3 is 1. The first-order valence-corrected chi connectivity index (χ1v) is 8.36. The highest BCUT2D eigenvalue weighted by molar-refractivity contribution is 5.53. The van der Waals surface area contributed by atoms with Crippen molar-refractivity contribution in [1.29, 1.82) is 5.26 Å². The van der Waals surface area contributed by atoms with Crippen LogP contribution in [0.5, 0.6) is 5.75 Å². The standard InChI is InChI=1S/C19H22N4O2/c1-24-18(15-25-17-7-3-2-4-8-17)22-10-12-23(13-11-22)19-16(14-20)6-5-9-21-19/h2-9,18H,10-13,15H2,1H3. The van der Waals surface area contributed by atoms with Gasteiger partial charge in [0.2, 0.25) is 0 Å². The lowest BCUT2D eigenvalue weighted by molar-refractivity contribution is -0.0600. The molecule has 1 fully saturated rings. The van der Waals surface area contributed by atoms with Gasteiger partial charge in [0.05, 0.1) is 5.56 Å². The second kappa shape index (κ2) is 8.47. The summed E-state index contributed by atoms with van der Waals surface area (Å²) in [5.74, 6) is 1.61. The Kier molecular flexibility index (Phi) is 5.83. The van der Waals surface area contributed by atoms with Gasteiger partial charge in [-0.1, -0.05) is 18.2 Å². The minimum absolute atomic E-state index is 0.0958. The van der Waals surface area contributed by atoms with Crippen molar-refractivity contribution >= 4 is 5.82 Å². The summed E-state index contributed by atoms with van der Waals surface area (Å²) in [6, 6.07) is 15.6. The maximum Gasteiger partial charge on any atom is 0.146 e. The highest BCUT2D eigenvalue weighted by Gasteiger charge is 2.25. The van der Waals surface area contributed by atoms with E-state index in [1.54, 1.807) is 25.4 Å². The summed E-state index contributed by atoms with van der Waals surface area (Å²) in [5, 5.41) is 9.24. The maximum atomic E-state index is 9.24. The molecule has 0 bridgehead atoms. The third-order valence-corrected chi connectivity index (χ3v) is 4.34. The highest BCUT2D eigenvalue weighted by atomic mass is 16.5. The number of pyridine rings is 1. The molecule has 1 aliphatic rings. The van der Waals surface area contributed by atoms with Gasteiger partial charge in [0, 0.05) is 39.5 Å². The van der Waals surface area contributed by atoms with Crippen LogP contribution in [0.1, 0.15) is 5.56 Å². The Hall–Kier alpha value is -2.62. The fourth-order valence-electron chi connectivity index (χ4n) is 2.96. The number of nitriles is 1. The third-order valence-electron chi connectivity index (χ3n) is 4.34. The van der Waals surface area contributed by atoms with Crippen LogP contribution in [0.2, 0.25) is 0 Å². The van der Waals surface area contributed by atoms with E-state index in [9.17, 15) is 5.26 Å². The summed E-state index contributed by atoms with van der Waals surface area (Å²) >= 11 is 0. The van der Waals surface area contributed by atoms with Crippen LogP contribution in [-0.2, 0) is 4.74 Å². The number of benzene rings is 1. The first-order valence-electron chi connectivity index (χ1n) is 8.36. The second-order valence-electron chi connectivity index (χ2n) is 5.82. The molecule has 1 aromatic heterocycles. The van der Waals surface area contributed by atoms with E-state index < -0.39 is 0 Å². The average molecular weight is 338 g/mol. The molecule has 3 rings (SSSR count). The summed E-state index contributed by atoms with van der Waals surface area (Å²) in [5.41, 5.74) is 0.617. The Morgan fingerprint density at radius 1 is 1.12 bits per heavy atom. The van der Waals surface area contributed by atoms with E-state index in [2.05, 4.69) is 20.9 Å². The molecule has 0 N–H and O–H groups in total. The van der Waals surface area contributed by atoms with Crippen LogP contribution < -0.4 is 9.64 Å². The zero-order valence-corrected chi connectivity index (χ0v) is 14.3. The first-order chi connectivity index (χ1) is 12.3. The minimum atomic E-state index is -0.0958. The van der Waals surface area contributed by atoms with Gasteiger partial charge in [0.15, 0.2) is 0 Å². The lowest BCUT2D eigenvalue weighted by atomic mass is 10.2. The number of rotatable bonds is 6. The largest absolute Gasteiger partial charge is 0.489 e. The van der Waals surface area contributed by atoms with Gasteiger partial charge in [-0.3, -0.25) is 4.90 Å². The summed E-state index contributed by atoms with van der Waals surface area (Å²) in [6.07, 6.45) is 1.63. The number of anilines is 1. The Balaban J connectivity index is 1.56. The van der Waals surface area contributed by atoms with E-state index in [0.29, 0.717) is 12.2 Å². The molecule has 0 saturated carbocycles.